The van der Waals surface area contributed by atoms with Crippen LogP contribution in [0.5, 0.6) is 0 Å². The van der Waals surface area contributed by atoms with Gasteiger partial charge in [0.2, 0.25) is 0 Å². The second-order valence-corrected chi connectivity index (χ2v) is 15.9. The zero-order valence-electron chi connectivity index (χ0n) is 31.2. The Bertz CT molecular complexity index is 3380. The molecule has 262 valence electrons. The minimum Gasteiger partial charge on any atom is -0.455 e. The van der Waals surface area contributed by atoms with Crippen LogP contribution in [0.3, 0.4) is 0 Å². The summed E-state index contributed by atoms with van der Waals surface area (Å²) in [5, 5.41) is 12.4. The van der Waals surface area contributed by atoms with Gasteiger partial charge in [-0.3, -0.25) is 0 Å². The van der Waals surface area contributed by atoms with Crippen LogP contribution in [0, 0.1) is 0 Å². The molecular formula is C55H36O. The van der Waals surface area contributed by atoms with Crippen LogP contribution in [-0.2, 0) is 5.41 Å². The maximum Gasteiger partial charge on any atom is 0.143 e. The Kier molecular flexibility index (Phi) is 6.46. The lowest BCUT2D eigenvalue weighted by atomic mass is 9.79. The first-order valence-corrected chi connectivity index (χ1v) is 19.6. The van der Waals surface area contributed by atoms with Crippen molar-refractivity contribution in [3.63, 3.8) is 0 Å². The van der Waals surface area contributed by atoms with Crippen LogP contribution in [0.15, 0.2) is 186 Å². The molecular weight excluding hydrogens is 677 g/mol. The average Bonchev–Trinajstić information content (AvgIpc) is 3.74. The van der Waals surface area contributed by atoms with Crippen LogP contribution in [0.4, 0.5) is 0 Å². The lowest BCUT2D eigenvalue weighted by Gasteiger charge is -2.23. The van der Waals surface area contributed by atoms with Gasteiger partial charge in [-0.25, -0.2) is 0 Å². The molecule has 1 aromatic heterocycles. The number of fused-ring (bicyclic) bond motifs is 12. The lowest BCUT2D eigenvalue weighted by Crippen LogP contribution is -2.15. The van der Waals surface area contributed by atoms with Crippen LogP contribution < -0.4 is 0 Å². The Balaban J connectivity index is 1.08. The maximum atomic E-state index is 6.65. The van der Waals surface area contributed by atoms with Gasteiger partial charge >= 0.3 is 0 Å². The second-order valence-electron chi connectivity index (χ2n) is 15.9. The van der Waals surface area contributed by atoms with Crippen molar-refractivity contribution in [2.75, 3.05) is 0 Å². The number of para-hydroxylation sites is 1. The van der Waals surface area contributed by atoms with Crippen molar-refractivity contribution in [2.24, 2.45) is 0 Å². The van der Waals surface area contributed by atoms with Crippen LogP contribution >= 0.6 is 0 Å². The third-order valence-corrected chi connectivity index (χ3v) is 12.6. The predicted molar refractivity (Wildman–Crippen MR) is 238 cm³/mol. The zero-order valence-corrected chi connectivity index (χ0v) is 31.2. The molecule has 0 saturated heterocycles. The molecule has 56 heavy (non-hydrogen) atoms. The van der Waals surface area contributed by atoms with Gasteiger partial charge < -0.3 is 4.42 Å². The molecule has 0 bridgehead atoms. The molecule has 0 unspecified atom stereocenters. The maximum absolute atomic E-state index is 6.65. The summed E-state index contributed by atoms with van der Waals surface area (Å²) < 4.78 is 6.65. The van der Waals surface area contributed by atoms with Crippen molar-refractivity contribution in [1.29, 1.82) is 0 Å². The van der Waals surface area contributed by atoms with Crippen molar-refractivity contribution in [3.8, 4) is 44.5 Å². The summed E-state index contributed by atoms with van der Waals surface area (Å²) in [7, 11) is 0. The van der Waals surface area contributed by atoms with Gasteiger partial charge in [-0.2, -0.15) is 0 Å². The van der Waals surface area contributed by atoms with Gasteiger partial charge in [0, 0.05) is 21.6 Å². The van der Waals surface area contributed by atoms with E-state index in [-0.39, 0.29) is 5.41 Å². The van der Waals surface area contributed by atoms with Crippen LogP contribution in [0.1, 0.15) is 25.0 Å². The van der Waals surface area contributed by atoms with E-state index in [4.69, 9.17) is 4.42 Å². The average molecular weight is 713 g/mol. The normalized spacial score (nSPS) is 13.3. The molecule has 0 fully saturated rings. The van der Waals surface area contributed by atoms with E-state index in [0.29, 0.717) is 0 Å². The largest absolute Gasteiger partial charge is 0.455 e. The van der Waals surface area contributed by atoms with Gasteiger partial charge in [-0.1, -0.05) is 178 Å². The van der Waals surface area contributed by atoms with Gasteiger partial charge in [0.15, 0.2) is 0 Å². The van der Waals surface area contributed by atoms with Crippen LogP contribution in [-0.4, -0.2) is 0 Å². The van der Waals surface area contributed by atoms with Crippen molar-refractivity contribution < 1.29 is 4.42 Å². The van der Waals surface area contributed by atoms with Crippen molar-refractivity contribution in [1.82, 2.24) is 0 Å². The van der Waals surface area contributed by atoms with Gasteiger partial charge in [-0.05, 0) is 112 Å². The van der Waals surface area contributed by atoms with E-state index in [1.165, 1.54) is 109 Å². The number of hydrogen-bond donors (Lipinski definition) is 0. The van der Waals surface area contributed by atoms with Gasteiger partial charge in [-0.15, -0.1) is 0 Å². The van der Waals surface area contributed by atoms with E-state index >= 15 is 0 Å². The fourth-order valence-corrected chi connectivity index (χ4v) is 10.2. The third kappa shape index (κ3) is 4.26. The zero-order chi connectivity index (χ0) is 37.1. The first-order chi connectivity index (χ1) is 27.6. The van der Waals surface area contributed by atoms with Crippen molar-refractivity contribution >= 4 is 65.0 Å². The van der Waals surface area contributed by atoms with E-state index in [2.05, 4.69) is 196 Å². The summed E-state index contributed by atoms with van der Waals surface area (Å²) in [6, 6.07) is 67.1. The van der Waals surface area contributed by atoms with Crippen LogP contribution in [0.2, 0.25) is 0 Å². The fourth-order valence-electron chi connectivity index (χ4n) is 10.2. The summed E-state index contributed by atoms with van der Waals surface area (Å²) in [5.41, 5.74) is 14.6. The first-order valence-electron chi connectivity index (χ1n) is 19.6. The van der Waals surface area contributed by atoms with E-state index in [1.54, 1.807) is 0 Å². The number of furan rings is 1. The molecule has 11 aromatic rings. The summed E-state index contributed by atoms with van der Waals surface area (Å²) >= 11 is 0. The van der Waals surface area contributed by atoms with Gasteiger partial charge in [0.05, 0.1) is 0 Å². The molecule has 0 radical (unpaired) electrons. The molecule has 0 N–H and O–H groups in total. The Hall–Kier alpha value is -6.96. The monoisotopic (exact) mass is 712 g/mol. The minimum absolute atomic E-state index is 0.198. The summed E-state index contributed by atoms with van der Waals surface area (Å²) in [4.78, 5) is 0. The van der Waals surface area contributed by atoms with Crippen LogP contribution in [0.25, 0.3) is 110 Å². The highest BCUT2D eigenvalue weighted by Gasteiger charge is 2.38. The molecule has 1 aliphatic rings. The van der Waals surface area contributed by atoms with Crippen molar-refractivity contribution in [2.45, 2.75) is 19.3 Å². The molecule has 1 heteroatoms. The lowest BCUT2D eigenvalue weighted by molar-refractivity contribution is 0.656. The minimum atomic E-state index is -0.198. The highest BCUT2D eigenvalue weighted by atomic mass is 16.3. The molecule has 1 nitrogen and oxygen atoms in total. The molecule has 0 spiro atoms. The fraction of sp³-hybridized carbons (Fsp3) is 0.0545. The molecule has 0 aliphatic heterocycles. The Morgan fingerprint density at radius 3 is 1.64 bits per heavy atom. The third-order valence-electron chi connectivity index (χ3n) is 12.6. The molecule has 0 amide bonds. The number of benzene rings is 10. The van der Waals surface area contributed by atoms with E-state index in [0.717, 1.165) is 11.2 Å². The van der Waals surface area contributed by atoms with E-state index < -0.39 is 0 Å². The number of rotatable bonds is 3. The summed E-state index contributed by atoms with van der Waals surface area (Å²) in [6.07, 6.45) is 0. The predicted octanol–water partition coefficient (Wildman–Crippen LogP) is 15.5. The summed E-state index contributed by atoms with van der Waals surface area (Å²) in [5.74, 6) is 0. The standard InChI is InChI=1S/C55H36O/c1-55(2)48-31-26-35(32-47(48)45-27-24-34-25-28-46-39-18-12-13-23-49(39)56-54(46)51(34)53(45)55)36-29-30-44(38-17-7-6-16-37(36)38)52-42-21-10-8-19-40(42)50(33-14-4-3-5-15-33)41-20-9-11-22-43(41)52/h3-32H,1-2H3. The highest BCUT2D eigenvalue weighted by molar-refractivity contribution is 6.24. The van der Waals surface area contributed by atoms with Crippen molar-refractivity contribution in [3.05, 3.63) is 193 Å². The molecule has 0 saturated carbocycles. The SMILES string of the molecule is CC1(C)c2ccc(-c3ccc(-c4c5ccccc5c(-c5ccccc5)c5ccccc45)c4ccccc34)cc2-c2ccc3ccc4c5ccccc5oc4c3c21. The molecule has 1 heterocycles. The molecule has 1 aliphatic carbocycles. The highest BCUT2D eigenvalue weighted by Crippen LogP contribution is 2.54. The van der Waals surface area contributed by atoms with Gasteiger partial charge in [0.1, 0.15) is 11.2 Å². The quantitative estimate of drug-likeness (QED) is 0.166. The molecule has 10 aromatic carbocycles. The van der Waals surface area contributed by atoms with E-state index in [9.17, 15) is 0 Å². The Morgan fingerprint density at radius 2 is 0.929 bits per heavy atom. The first kappa shape index (κ1) is 31.4. The second kappa shape index (κ2) is 11.5. The smallest absolute Gasteiger partial charge is 0.143 e. The number of hydrogen-bond acceptors (Lipinski definition) is 1. The summed E-state index contributed by atoms with van der Waals surface area (Å²) in [6.45, 7) is 4.75. The van der Waals surface area contributed by atoms with Gasteiger partial charge in [0.25, 0.3) is 0 Å². The molecule has 12 rings (SSSR count). The Labute approximate surface area is 325 Å². The topological polar surface area (TPSA) is 13.1 Å². The van der Waals surface area contributed by atoms with E-state index in [1.807, 2.05) is 0 Å². The molecule has 0 atom stereocenters. The Morgan fingerprint density at radius 1 is 0.375 bits per heavy atom.